The largest absolute Gasteiger partial charge is 0.481 e. The molecular weight excluding hydrogens is 414 g/mol. The van der Waals surface area contributed by atoms with Crippen LogP contribution in [0, 0.1) is 10.1 Å². The van der Waals surface area contributed by atoms with E-state index in [1.165, 1.54) is 24.3 Å². The molecule has 0 aliphatic rings. The lowest BCUT2D eigenvalue weighted by molar-refractivity contribution is -0.384. The number of benzene rings is 3. The molecule has 3 rings (SSSR count). The fourth-order valence-electron chi connectivity index (χ4n) is 2.39. The van der Waals surface area contributed by atoms with Crippen LogP contribution in [0.15, 0.2) is 77.3 Å². The summed E-state index contributed by atoms with van der Waals surface area (Å²) in [6.45, 7) is -0.327. The molecule has 6 nitrogen and oxygen atoms in total. The Kier molecular flexibility index (Phi) is 5.83. The van der Waals surface area contributed by atoms with Crippen molar-refractivity contribution >= 4 is 27.6 Å². The van der Waals surface area contributed by atoms with Gasteiger partial charge in [0.1, 0.15) is 11.5 Å². The molecule has 7 heteroatoms. The van der Waals surface area contributed by atoms with E-state index in [2.05, 4.69) is 15.9 Å². The third-order valence-corrected chi connectivity index (χ3v) is 4.26. The zero-order valence-electron chi connectivity index (χ0n) is 14.0. The second-order valence-electron chi connectivity index (χ2n) is 5.53. The highest BCUT2D eigenvalue weighted by Gasteiger charge is 2.12. The summed E-state index contributed by atoms with van der Waals surface area (Å²) in [4.78, 5) is 22.1. The minimum absolute atomic E-state index is 0.0938. The van der Waals surface area contributed by atoms with Crippen molar-refractivity contribution in [2.45, 2.75) is 0 Å². The Balaban J connectivity index is 1.62. The molecule has 0 saturated heterocycles. The first kappa shape index (κ1) is 18.6. The number of hydrogen-bond donors (Lipinski definition) is 0. The fourth-order valence-corrected chi connectivity index (χ4v) is 2.88. The van der Waals surface area contributed by atoms with Crippen LogP contribution in [0.1, 0.15) is 0 Å². The monoisotopic (exact) mass is 427 g/mol. The van der Waals surface area contributed by atoms with Crippen LogP contribution in [0.4, 0.5) is 5.69 Å². The number of nitrogens with zero attached hydrogens (tertiary/aromatic N) is 1. The van der Waals surface area contributed by atoms with Gasteiger partial charge in [-0.15, -0.1) is 0 Å². The van der Waals surface area contributed by atoms with Crippen LogP contribution in [-0.4, -0.2) is 17.5 Å². The van der Waals surface area contributed by atoms with Gasteiger partial charge < -0.3 is 9.47 Å². The molecule has 0 aromatic heterocycles. The van der Waals surface area contributed by atoms with Gasteiger partial charge in [0.2, 0.25) is 0 Å². The number of esters is 1. The lowest BCUT2D eigenvalue weighted by Gasteiger charge is -2.10. The van der Waals surface area contributed by atoms with E-state index >= 15 is 0 Å². The van der Waals surface area contributed by atoms with Crippen molar-refractivity contribution in [3.8, 4) is 22.6 Å². The summed E-state index contributed by atoms with van der Waals surface area (Å²) in [5, 5.41) is 10.8. The number of non-ortho nitro benzene ring substituents is 1. The zero-order chi connectivity index (χ0) is 19.2. The lowest BCUT2D eigenvalue weighted by atomic mass is 10.1. The third kappa shape index (κ3) is 4.92. The zero-order valence-corrected chi connectivity index (χ0v) is 15.6. The molecule has 0 atom stereocenters. The number of nitro benzene ring substituents is 1. The summed E-state index contributed by atoms with van der Waals surface area (Å²) >= 11 is 3.43. The van der Waals surface area contributed by atoms with Crippen LogP contribution in [-0.2, 0) is 4.79 Å². The number of nitro groups is 1. The molecule has 0 heterocycles. The van der Waals surface area contributed by atoms with Crippen molar-refractivity contribution < 1.29 is 19.2 Å². The Morgan fingerprint density at radius 1 is 0.963 bits per heavy atom. The minimum atomic E-state index is -0.658. The SMILES string of the molecule is O=C(COc1ccc(-c2ccccc2)cc1Br)Oc1cccc([N+](=O)[O-])c1. The van der Waals surface area contributed by atoms with Crippen molar-refractivity contribution in [3.63, 3.8) is 0 Å². The first-order valence-corrected chi connectivity index (χ1v) is 8.75. The smallest absolute Gasteiger partial charge is 0.349 e. The molecular formula is C20H14BrNO5. The van der Waals surface area contributed by atoms with Gasteiger partial charge in [-0.3, -0.25) is 10.1 Å². The molecule has 0 unspecified atom stereocenters. The minimum Gasteiger partial charge on any atom is -0.481 e. The van der Waals surface area contributed by atoms with Crippen molar-refractivity contribution in [1.29, 1.82) is 0 Å². The molecule has 0 saturated carbocycles. The topological polar surface area (TPSA) is 78.7 Å². The van der Waals surface area contributed by atoms with E-state index in [1.807, 2.05) is 42.5 Å². The Bertz CT molecular complexity index is 975. The quantitative estimate of drug-likeness (QED) is 0.239. The normalized spacial score (nSPS) is 10.3. The van der Waals surface area contributed by atoms with Gasteiger partial charge in [0.15, 0.2) is 6.61 Å². The van der Waals surface area contributed by atoms with Gasteiger partial charge in [-0.25, -0.2) is 4.79 Å². The second kappa shape index (κ2) is 8.46. The van der Waals surface area contributed by atoms with E-state index in [0.717, 1.165) is 11.1 Å². The highest BCUT2D eigenvalue weighted by molar-refractivity contribution is 9.10. The van der Waals surface area contributed by atoms with Gasteiger partial charge in [0.05, 0.1) is 15.5 Å². The molecule has 0 amide bonds. The second-order valence-corrected chi connectivity index (χ2v) is 6.38. The molecule has 0 spiro atoms. The summed E-state index contributed by atoms with van der Waals surface area (Å²) in [5.74, 6) is -0.0727. The number of rotatable bonds is 6. The van der Waals surface area contributed by atoms with Crippen molar-refractivity contribution in [2.75, 3.05) is 6.61 Å². The molecule has 3 aromatic rings. The summed E-state index contributed by atoms with van der Waals surface area (Å²) < 4.78 is 11.3. The summed E-state index contributed by atoms with van der Waals surface area (Å²) in [6, 6.07) is 20.8. The fraction of sp³-hybridized carbons (Fsp3) is 0.0500. The van der Waals surface area contributed by atoms with Gasteiger partial charge in [-0.1, -0.05) is 42.5 Å². The van der Waals surface area contributed by atoms with Crippen molar-refractivity contribution in [1.82, 2.24) is 0 Å². The van der Waals surface area contributed by atoms with Crippen LogP contribution < -0.4 is 9.47 Å². The number of ether oxygens (including phenoxy) is 2. The maximum Gasteiger partial charge on any atom is 0.349 e. The standard InChI is InChI=1S/C20H14BrNO5/c21-18-11-15(14-5-2-1-3-6-14)9-10-19(18)26-13-20(23)27-17-8-4-7-16(12-17)22(24)25/h1-12H,13H2. The van der Waals surface area contributed by atoms with Gasteiger partial charge in [0.25, 0.3) is 5.69 Å². The Morgan fingerprint density at radius 2 is 1.74 bits per heavy atom. The Morgan fingerprint density at radius 3 is 2.44 bits per heavy atom. The van der Waals surface area contributed by atoms with Gasteiger partial charge in [-0.05, 0) is 45.3 Å². The molecule has 3 aromatic carbocycles. The average molecular weight is 428 g/mol. The summed E-state index contributed by atoms with van der Waals surface area (Å²) in [7, 11) is 0. The molecule has 0 N–H and O–H groups in total. The summed E-state index contributed by atoms with van der Waals surface area (Å²) in [6.07, 6.45) is 0. The molecule has 136 valence electrons. The highest BCUT2D eigenvalue weighted by atomic mass is 79.9. The molecule has 0 aliphatic carbocycles. The highest BCUT2D eigenvalue weighted by Crippen LogP contribution is 2.30. The molecule has 0 fully saturated rings. The van der Waals surface area contributed by atoms with E-state index in [0.29, 0.717) is 10.2 Å². The number of carbonyl (C=O) groups excluding carboxylic acids is 1. The molecule has 27 heavy (non-hydrogen) atoms. The number of hydrogen-bond acceptors (Lipinski definition) is 5. The van der Waals surface area contributed by atoms with Crippen LogP contribution in [0.2, 0.25) is 0 Å². The molecule has 0 aliphatic heterocycles. The van der Waals surface area contributed by atoms with Gasteiger partial charge in [0, 0.05) is 6.07 Å². The van der Waals surface area contributed by atoms with Gasteiger partial charge >= 0.3 is 5.97 Å². The van der Waals surface area contributed by atoms with Crippen LogP contribution in [0.5, 0.6) is 11.5 Å². The van der Waals surface area contributed by atoms with Crippen molar-refractivity contribution in [3.05, 3.63) is 87.4 Å². The first-order valence-electron chi connectivity index (χ1n) is 7.96. The number of halogens is 1. The van der Waals surface area contributed by atoms with Crippen LogP contribution in [0.25, 0.3) is 11.1 Å². The Labute approximate surface area is 163 Å². The maximum atomic E-state index is 11.9. The first-order chi connectivity index (χ1) is 13.0. The number of carbonyl (C=O) groups is 1. The van der Waals surface area contributed by atoms with E-state index in [-0.39, 0.29) is 18.0 Å². The van der Waals surface area contributed by atoms with Crippen LogP contribution >= 0.6 is 15.9 Å². The predicted octanol–water partition coefficient (Wildman–Crippen LogP) is 5.01. The molecule has 0 bridgehead atoms. The Hall–Kier alpha value is -3.19. The third-order valence-electron chi connectivity index (χ3n) is 3.64. The summed E-state index contributed by atoms with van der Waals surface area (Å²) in [5.41, 5.74) is 1.92. The van der Waals surface area contributed by atoms with Crippen LogP contribution in [0.3, 0.4) is 0 Å². The van der Waals surface area contributed by atoms with E-state index in [4.69, 9.17) is 9.47 Å². The maximum absolute atomic E-state index is 11.9. The van der Waals surface area contributed by atoms with E-state index < -0.39 is 10.9 Å². The lowest BCUT2D eigenvalue weighted by Crippen LogP contribution is -2.17. The average Bonchev–Trinajstić information content (AvgIpc) is 2.68. The van der Waals surface area contributed by atoms with E-state index in [1.54, 1.807) is 6.07 Å². The van der Waals surface area contributed by atoms with Crippen molar-refractivity contribution in [2.24, 2.45) is 0 Å². The predicted molar refractivity (Wildman–Crippen MR) is 104 cm³/mol. The van der Waals surface area contributed by atoms with Gasteiger partial charge in [-0.2, -0.15) is 0 Å². The molecule has 0 radical (unpaired) electrons. The van der Waals surface area contributed by atoms with E-state index in [9.17, 15) is 14.9 Å².